The summed E-state index contributed by atoms with van der Waals surface area (Å²) in [5.41, 5.74) is 0.707. The van der Waals surface area contributed by atoms with E-state index >= 15 is 0 Å². The Morgan fingerprint density at radius 1 is 0.938 bits per heavy atom. The van der Waals surface area contributed by atoms with Crippen LogP contribution >= 0.6 is 12.4 Å². The zero-order valence-corrected chi connectivity index (χ0v) is 11.7. The van der Waals surface area contributed by atoms with E-state index < -0.39 is 0 Å². The highest BCUT2D eigenvalue weighted by Gasteiger charge is 2.53. The Bertz CT molecular complexity index is 226. The fraction of sp³-hybridized carbons (Fsp3) is 1.00. The van der Waals surface area contributed by atoms with Crippen molar-refractivity contribution in [3.05, 3.63) is 0 Å². The van der Waals surface area contributed by atoms with Crippen molar-refractivity contribution in [3.8, 4) is 0 Å². The lowest BCUT2D eigenvalue weighted by Crippen LogP contribution is -2.54. The monoisotopic (exact) mass is 243 g/mol. The van der Waals surface area contributed by atoms with Crippen molar-refractivity contribution < 1.29 is 0 Å². The van der Waals surface area contributed by atoms with Crippen molar-refractivity contribution in [2.24, 2.45) is 23.2 Å². The molecule has 94 valence electrons. The Morgan fingerprint density at radius 2 is 1.31 bits per heavy atom. The van der Waals surface area contributed by atoms with Crippen LogP contribution in [-0.2, 0) is 0 Å². The van der Waals surface area contributed by atoms with Gasteiger partial charge in [0.1, 0.15) is 0 Å². The van der Waals surface area contributed by atoms with Crippen molar-refractivity contribution in [3.63, 3.8) is 0 Å². The van der Waals surface area contributed by atoms with Crippen molar-refractivity contribution in [1.82, 2.24) is 4.90 Å². The Balaban J connectivity index is 0.000000963. The van der Waals surface area contributed by atoms with E-state index in [2.05, 4.69) is 25.9 Å². The molecule has 4 fully saturated rings. The molecule has 1 atom stereocenters. The van der Waals surface area contributed by atoms with Gasteiger partial charge in [-0.15, -0.1) is 12.4 Å². The normalized spacial score (nSPS) is 46.9. The third-order valence-corrected chi connectivity index (χ3v) is 5.75. The molecule has 4 aliphatic carbocycles. The van der Waals surface area contributed by atoms with Gasteiger partial charge in [0.05, 0.1) is 0 Å². The van der Waals surface area contributed by atoms with Crippen LogP contribution < -0.4 is 0 Å². The first kappa shape index (κ1) is 12.7. The molecule has 0 amide bonds. The molecule has 4 saturated carbocycles. The summed E-state index contributed by atoms with van der Waals surface area (Å²) in [7, 11) is 4.53. The largest absolute Gasteiger partial charge is 0.306 e. The van der Waals surface area contributed by atoms with Crippen LogP contribution in [0, 0.1) is 23.2 Å². The van der Waals surface area contributed by atoms with Crippen LogP contribution in [0.2, 0.25) is 0 Å². The second-order valence-corrected chi connectivity index (χ2v) is 6.92. The predicted molar refractivity (Wildman–Crippen MR) is 71.0 cm³/mol. The van der Waals surface area contributed by atoms with Crippen LogP contribution in [0.15, 0.2) is 0 Å². The van der Waals surface area contributed by atoms with Crippen molar-refractivity contribution in [2.45, 2.75) is 51.5 Å². The molecular weight excluding hydrogens is 218 g/mol. The van der Waals surface area contributed by atoms with Gasteiger partial charge in [0.25, 0.3) is 0 Å². The first-order valence-electron chi connectivity index (χ1n) is 6.75. The van der Waals surface area contributed by atoms with Gasteiger partial charge in [-0.3, -0.25) is 0 Å². The quantitative estimate of drug-likeness (QED) is 0.717. The van der Waals surface area contributed by atoms with Gasteiger partial charge in [0.15, 0.2) is 0 Å². The van der Waals surface area contributed by atoms with E-state index in [-0.39, 0.29) is 12.4 Å². The Labute approximate surface area is 106 Å². The molecule has 0 spiro atoms. The number of hydrogen-bond donors (Lipinski definition) is 0. The predicted octanol–water partition coefficient (Wildman–Crippen LogP) is 3.57. The molecule has 0 aromatic rings. The van der Waals surface area contributed by atoms with Crippen molar-refractivity contribution in [1.29, 1.82) is 0 Å². The first-order valence-corrected chi connectivity index (χ1v) is 6.75. The molecule has 0 N–H and O–H groups in total. The number of halogens is 1. The minimum atomic E-state index is 0. The van der Waals surface area contributed by atoms with Gasteiger partial charge in [-0.05, 0) is 82.7 Å². The highest BCUT2D eigenvalue weighted by molar-refractivity contribution is 5.85. The number of nitrogens with zero attached hydrogens (tertiary/aromatic N) is 1. The van der Waals surface area contributed by atoms with E-state index in [0.29, 0.717) is 5.41 Å². The van der Waals surface area contributed by atoms with Gasteiger partial charge in [0.2, 0.25) is 0 Å². The van der Waals surface area contributed by atoms with Crippen LogP contribution in [0.3, 0.4) is 0 Å². The van der Waals surface area contributed by atoms with Gasteiger partial charge in [-0.25, -0.2) is 0 Å². The van der Waals surface area contributed by atoms with E-state index in [1.807, 2.05) is 0 Å². The zero-order chi connectivity index (χ0) is 10.6. The molecule has 0 aliphatic heterocycles. The summed E-state index contributed by atoms with van der Waals surface area (Å²) in [5, 5.41) is 0. The molecule has 0 aromatic heterocycles. The van der Waals surface area contributed by atoms with Gasteiger partial charge in [0, 0.05) is 6.04 Å². The molecule has 1 unspecified atom stereocenters. The molecular formula is C14H26ClN. The highest BCUT2D eigenvalue weighted by atomic mass is 35.5. The molecule has 16 heavy (non-hydrogen) atoms. The second-order valence-electron chi connectivity index (χ2n) is 6.92. The molecule has 0 saturated heterocycles. The third kappa shape index (κ3) is 1.80. The minimum Gasteiger partial charge on any atom is -0.306 e. The summed E-state index contributed by atoms with van der Waals surface area (Å²) in [4.78, 5) is 2.47. The Morgan fingerprint density at radius 3 is 1.62 bits per heavy atom. The lowest BCUT2D eigenvalue weighted by Gasteiger charge is -2.60. The molecule has 0 aromatic carbocycles. The average Bonchev–Trinajstić information content (AvgIpc) is 2.14. The molecule has 4 bridgehead atoms. The lowest BCUT2D eigenvalue weighted by molar-refractivity contribution is -0.0887. The standard InChI is InChI=1S/C14H25N.ClH/c1-10(15(2)3)14-7-11-4-12(8-14)6-13(5-11)9-14;/h10-13H,4-9H2,1-3H3;1H. The van der Waals surface area contributed by atoms with Gasteiger partial charge >= 0.3 is 0 Å². The molecule has 4 rings (SSSR count). The molecule has 0 radical (unpaired) electrons. The number of hydrogen-bond acceptors (Lipinski definition) is 1. The van der Waals surface area contributed by atoms with E-state index in [1.54, 1.807) is 38.5 Å². The molecule has 1 nitrogen and oxygen atoms in total. The van der Waals surface area contributed by atoms with Crippen molar-refractivity contribution in [2.75, 3.05) is 14.1 Å². The topological polar surface area (TPSA) is 3.24 Å². The molecule has 2 heteroatoms. The first-order chi connectivity index (χ1) is 7.09. The summed E-state index contributed by atoms with van der Waals surface area (Å²) >= 11 is 0. The fourth-order valence-electron chi connectivity index (χ4n) is 5.24. The van der Waals surface area contributed by atoms with E-state index in [9.17, 15) is 0 Å². The fourth-order valence-corrected chi connectivity index (χ4v) is 5.24. The second kappa shape index (κ2) is 4.17. The van der Waals surface area contributed by atoms with Crippen molar-refractivity contribution >= 4 is 12.4 Å². The number of rotatable bonds is 2. The van der Waals surface area contributed by atoms with E-state index in [4.69, 9.17) is 0 Å². The van der Waals surface area contributed by atoms with Crippen LogP contribution in [0.4, 0.5) is 0 Å². The maximum Gasteiger partial charge on any atom is 0.0118 e. The average molecular weight is 244 g/mol. The van der Waals surface area contributed by atoms with Gasteiger partial charge in [-0.1, -0.05) is 0 Å². The summed E-state index contributed by atoms with van der Waals surface area (Å²) in [6, 6.07) is 0.797. The lowest BCUT2D eigenvalue weighted by atomic mass is 9.48. The van der Waals surface area contributed by atoms with Gasteiger partial charge < -0.3 is 4.90 Å². The summed E-state index contributed by atoms with van der Waals surface area (Å²) < 4.78 is 0. The summed E-state index contributed by atoms with van der Waals surface area (Å²) in [6.45, 7) is 2.47. The van der Waals surface area contributed by atoms with Crippen LogP contribution in [0.25, 0.3) is 0 Å². The van der Waals surface area contributed by atoms with E-state index in [0.717, 1.165) is 23.8 Å². The third-order valence-electron chi connectivity index (χ3n) is 5.75. The Kier molecular flexibility index (Phi) is 3.31. The SMILES string of the molecule is CC(N(C)C)C12CC3CC(CC(C3)C1)C2.Cl. The molecule has 4 aliphatic rings. The summed E-state index contributed by atoms with van der Waals surface area (Å²) in [5.74, 6) is 3.29. The van der Waals surface area contributed by atoms with Crippen LogP contribution in [0.1, 0.15) is 45.4 Å². The summed E-state index contributed by atoms with van der Waals surface area (Å²) in [6.07, 6.45) is 9.33. The maximum atomic E-state index is 2.47. The highest BCUT2D eigenvalue weighted by Crippen LogP contribution is 2.61. The Hall–Kier alpha value is 0.250. The van der Waals surface area contributed by atoms with Gasteiger partial charge in [-0.2, -0.15) is 0 Å². The van der Waals surface area contributed by atoms with Crippen LogP contribution in [-0.4, -0.2) is 25.0 Å². The van der Waals surface area contributed by atoms with Crippen LogP contribution in [0.5, 0.6) is 0 Å². The maximum absolute atomic E-state index is 2.47. The zero-order valence-electron chi connectivity index (χ0n) is 10.9. The minimum absolute atomic E-state index is 0. The smallest absolute Gasteiger partial charge is 0.0118 e. The molecule has 0 heterocycles. The van der Waals surface area contributed by atoms with E-state index in [1.165, 1.54) is 0 Å².